The van der Waals surface area contributed by atoms with Gasteiger partial charge in [0.1, 0.15) is 0 Å². The molecule has 0 bridgehead atoms. The van der Waals surface area contributed by atoms with Gasteiger partial charge in [-0.2, -0.15) is 0 Å². The molecule has 1 rings (SSSR count). The lowest BCUT2D eigenvalue weighted by molar-refractivity contribution is 0.258. The van der Waals surface area contributed by atoms with Crippen molar-refractivity contribution in [3.63, 3.8) is 0 Å². The van der Waals surface area contributed by atoms with Crippen LogP contribution >= 0.6 is 0 Å². The zero-order chi connectivity index (χ0) is 12.8. The SMILES string of the molecule is Cc1ccc(C(C)NCC(C)CCO)c(C)c1. The molecule has 0 heterocycles. The molecular formula is C15H25NO. The van der Waals surface area contributed by atoms with Crippen LogP contribution in [0.15, 0.2) is 18.2 Å². The second kappa shape index (κ2) is 6.77. The third-order valence-corrected chi connectivity index (χ3v) is 3.29. The Morgan fingerprint density at radius 3 is 2.53 bits per heavy atom. The van der Waals surface area contributed by atoms with Gasteiger partial charge in [-0.3, -0.25) is 0 Å². The Balaban J connectivity index is 2.54. The topological polar surface area (TPSA) is 32.3 Å². The van der Waals surface area contributed by atoms with Crippen LogP contribution in [-0.4, -0.2) is 18.3 Å². The zero-order valence-electron chi connectivity index (χ0n) is 11.5. The smallest absolute Gasteiger partial charge is 0.0434 e. The third kappa shape index (κ3) is 4.49. The summed E-state index contributed by atoms with van der Waals surface area (Å²) in [5.41, 5.74) is 4.03. The molecule has 0 spiro atoms. The quantitative estimate of drug-likeness (QED) is 0.794. The van der Waals surface area contributed by atoms with E-state index in [1.54, 1.807) is 0 Å². The third-order valence-electron chi connectivity index (χ3n) is 3.29. The lowest BCUT2D eigenvalue weighted by atomic mass is 9.99. The zero-order valence-corrected chi connectivity index (χ0v) is 11.5. The Bertz CT molecular complexity index is 349. The summed E-state index contributed by atoms with van der Waals surface area (Å²) in [7, 11) is 0. The Hall–Kier alpha value is -0.860. The summed E-state index contributed by atoms with van der Waals surface area (Å²) in [6, 6.07) is 6.97. The fourth-order valence-corrected chi connectivity index (χ4v) is 2.12. The molecule has 1 aromatic carbocycles. The Labute approximate surface area is 105 Å². The van der Waals surface area contributed by atoms with Gasteiger partial charge in [0.25, 0.3) is 0 Å². The molecule has 0 aliphatic heterocycles. The maximum Gasteiger partial charge on any atom is 0.0434 e. The van der Waals surface area contributed by atoms with Crippen LogP contribution in [0.5, 0.6) is 0 Å². The van der Waals surface area contributed by atoms with Crippen molar-refractivity contribution in [2.24, 2.45) is 5.92 Å². The van der Waals surface area contributed by atoms with Crippen LogP contribution in [0.3, 0.4) is 0 Å². The lowest BCUT2D eigenvalue weighted by Crippen LogP contribution is -2.25. The maximum absolute atomic E-state index is 8.87. The van der Waals surface area contributed by atoms with Gasteiger partial charge in [0, 0.05) is 12.6 Å². The second-order valence-electron chi connectivity index (χ2n) is 5.11. The van der Waals surface area contributed by atoms with E-state index in [1.807, 2.05) is 0 Å². The number of hydrogen-bond acceptors (Lipinski definition) is 2. The highest BCUT2D eigenvalue weighted by Crippen LogP contribution is 2.18. The van der Waals surface area contributed by atoms with Crippen molar-refractivity contribution in [2.45, 2.75) is 40.2 Å². The molecule has 0 radical (unpaired) electrons. The largest absolute Gasteiger partial charge is 0.396 e. The number of aryl methyl sites for hydroxylation is 2. The highest BCUT2D eigenvalue weighted by molar-refractivity contribution is 5.32. The van der Waals surface area contributed by atoms with Crippen molar-refractivity contribution in [3.8, 4) is 0 Å². The minimum absolute atomic E-state index is 0.279. The van der Waals surface area contributed by atoms with Crippen LogP contribution in [0.2, 0.25) is 0 Å². The maximum atomic E-state index is 8.87. The summed E-state index contributed by atoms with van der Waals surface area (Å²) in [5, 5.41) is 12.4. The first kappa shape index (κ1) is 14.2. The monoisotopic (exact) mass is 235 g/mol. The van der Waals surface area contributed by atoms with Gasteiger partial charge >= 0.3 is 0 Å². The van der Waals surface area contributed by atoms with Crippen LogP contribution < -0.4 is 5.32 Å². The Morgan fingerprint density at radius 2 is 1.94 bits per heavy atom. The van der Waals surface area contributed by atoms with Gasteiger partial charge in [-0.15, -0.1) is 0 Å². The van der Waals surface area contributed by atoms with Crippen molar-refractivity contribution < 1.29 is 5.11 Å². The molecule has 2 unspecified atom stereocenters. The van der Waals surface area contributed by atoms with Crippen LogP contribution in [0.1, 0.15) is 43.0 Å². The van der Waals surface area contributed by atoms with Crippen molar-refractivity contribution in [2.75, 3.05) is 13.2 Å². The molecule has 0 fully saturated rings. The molecule has 2 N–H and O–H groups in total. The molecule has 2 nitrogen and oxygen atoms in total. The van der Waals surface area contributed by atoms with Gasteiger partial charge in [0.2, 0.25) is 0 Å². The molecule has 2 atom stereocenters. The van der Waals surface area contributed by atoms with Crippen molar-refractivity contribution in [1.29, 1.82) is 0 Å². The molecule has 2 heteroatoms. The number of aliphatic hydroxyl groups excluding tert-OH is 1. The van der Waals surface area contributed by atoms with Crippen LogP contribution in [0.4, 0.5) is 0 Å². The normalized spacial score (nSPS) is 14.6. The fraction of sp³-hybridized carbons (Fsp3) is 0.600. The van der Waals surface area contributed by atoms with E-state index in [9.17, 15) is 0 Å². The number of nitrogens with one attached hydrogen (secondary N) is 1. The van der Waals surface area contributed by atoms with Gasteiger partial charge in [-0.25, -0.2) is 0 Å². The summed E-state index contributed by atoms with van der Waals surface area (Å²) in [6.45, 7) is 9.88. The van der Waals surface area contributed by atoms with Gasteiger partial charge in [0.15, 0.2) is 0 Å². The predicted molar refractivity (Wildman–Crippen MR) is 73.2 cm³/mol. The highest BCUT2D eigenvalue weighted by atomic mass is 16.3. The first-order valence-corrected chi connectivity index (χ1v) is 6.46. The van der Waals surface area contributed by atoms with E-state index in [0.29, 0.717) is 12.0 Å². The minimum atomic E-state index is 0.279. The summed E-state index contributed by atoms with van der Waals surface area (Å²) in [6.07, 6.45) is 0.868. The van der Waals surface area contributed by atoms with Crippen LogP contribution in [0.25, 0.3) is 0 Å². The molecular weight excluding hydrogens is 210 g/mol. The summed E-state index contributed by atoms with van der Waals surface area (Å²) >= 11 is 0. The van der Waals surface area contributed by atoms with Gasteiger partial charge < -0.3 is 10.4 Å². The van der Waals surface area contributed by atoms with Crippen molar-refractivity contribution in [3.05, 3.63) is 34.9 Å². The van der Waals surface area contributed by atoms with Crippen molar-refractivity contribution in [1.82, 2.24) is 5.32 Å². The molecule has 17 heavy (non-hydrogen) atoms. The molecule has 0 aromatic heterocycles. The van der Waals surface area contributed by atoms with E-state index in [-0.39, 0.29) is 6.61 Å². The van der Waals surface area contributed by atoms with E-state index < -0.39 is 0 Å². The number of hydrogen-bond donors (Lipinski definition) is 2. The first-order chi connectivity index (χ1) is 8.04. The van der Waals surface area contributed by atoms with Gasteiger partial charge in [-0.1, -0.05) is 30.7 Å². The van der Waals surface area contributed by atoms with Crippen LogP contribution in [-0.2, 0) is 0 Å². The van der Waals surface area contributed by atoms with E-state index >= 15 is 0 Å². The Morgan fingerprint density at radius 1 is 1.24 bits per heavy atom. The summed E-state index contributed by atoms with van der Waals surface area (Å²) < 4.78 is 0. The number of benzene rings is 1. The first-order valence-electron chi connectivity index (χ1n) is 6.46. The molecule has 1 aromatic rings. The summed E-state index contributed by atoms with van der Waals surface area (Å²) in [5.74, 6) is 0.521. The van der Waals surface area contributed by atoms with E-state index in [4.69, 9.17) is 5.11 Å². The van der Waals surface area contributed by atoms with Gasteiger partial charge in [-0.05, 0) is 50.8 Å². The second-order valence-corrected chi connectivity index (χ2v) is 5.11. The van der Waals surface area contributed by atoms with Crippen molar-refractivity contribution >= 4 is 0 Å². The van der Waals surface area contributed by atoms with E-state index in [2.05, 4.69) is 51.2 Å². The van der Waals surface area contributed by atoms with E-state index in [0.717, 1.165) is 13.0 Å². The summed E-state index contributed by atoms with van der Waals surface area (Å²) in [4.78, 5) is 0. The molecule has 0 saturated carbocycles. The number of rotatable bonds is 6. The highest BCUT2D eigenvalue weighted by Gasteiger charge is 2.09. The minimum Gasteiger partial charge on any atom is -0.396 e. The Kier molecular flexibility index (Phi) is 5.66. The number of aliphatic hydroxyl groups is 1. The average molecular weight is 235 g/mol. The molecule has 0 saturated heterocycles. The predicted octanol–water partition coefficient (Wildman–Crippen LogP) is 2.97. The average Bonchev–Trinajstić information content (AvgIpc) is 2.26. The standard InChI is InChI=1S/C15H25NO/c1-11-5-6-15(13(3)9-11)14(4)16-10-12(2)7-8-17/h5-6,9,12,14,16-17H,7-8,10H2,1-4H3. The molecule has 96 valence electrons. The fourth-order valence-electron chi connectivity index (χ4n) is 2.12. The molecule has 0 amide bonds. The molecule has 0 aliphatic carbocycles. The van der Waals surface area contributed by atoms with E-state index in [1.165, 1.54) is 16.7 Å². The molecule has 0 aliphatic rings. The van der Waals surface area contributed by atoms with Gasteiger partial charge in [0.05, 0.1) is 0 Å². The van der Waals surface area contributed by atoms with Crippen LogP contribution in [0, 0.1) is 19.8 Å². The lowest BCUT2D eigenvalue weighted by Gasteiger charge is -2.19.